The second kappa shape index (κ2) is 16.5. The van der Waals surface area contributed by atoms with Crippen molar-refractivity contribution in [3.05, 3.63) is 154 Å². The molecule has 5 aromatic rings. The van der Waals surface area contributed by atoms with Gasteiger partial charge in [-0.1, -0.05) is 72.3 Å². The van der Waals surface area contributed by atoms with E-state index in [9.17, 15) is 14.4 Å². The van der Waals surface area contributed by atoms with Crippen molar-refractivity contribution >= 4 is 58.5 Å². The first kappa shape index (κ1) is 34.8. The first-order chi connectivity index (χ1) is 23.7. The third-order valence-electron chi connectivity index (χ3n) is 7.40. The molecule has 0 heterocycles. The predicted octanol–water partition coefficient (Wildman–Crippen LogP) is 8.55. The molecule has 1 atom stereocenters. The molecule has 1 unspecified atom stereocenters. The van der Waals surface area contributed by atoms with E-state index < -0.39 is 17.1 Å². The highest BCUT2D eigenvalue weighted by Gasteiger charge is 2.24. The van der Waals surface area contributed by atoms with Gasteiger partial charge in [0.1, 0.15) is 22.4 Å². The molecule has 0 fully saturated rings. The summed E-state index contributed by atoms with van der Waals surface area (Å²) >= 11 is 7.64. The topological polar surface area (TPSA) is 106 Å². The van der Waals surface area contributed by atoms with Gasteiger partial charge in [-0.15, -0.1) is 11.8 Å². The quantitative estimate of drug-likeness (QED) is 0.0895. The van der Waals surface area contributed by atoms with E-state index in [1.165, 1.54) is 18.9 Å². The second-order valence-electron chi connectivity index (χ2n) is 10.8. The third-order valence-corrected chi connectivity index (χ3v) is 9.07. The first-order valence-electron chi connectivity index (χ1n) is 15.2. The van der Waals surface area contributed by atoms with E-state index in [4.69, 9.17) is 21.1 Å². The van der Waals surface area contributed by atoms with Crippen LogP contribution < -0.4 is 25.4 Å². The lowest BCUT2D eigenvalue weighted by Gasteiger charge is -2.19. The highest BCUT2D eigenvalue weighted by atomic mass is 35.5. The number of thioether (sulfide) groups is 1. The molecule has 0 aliphatic rings. The Morgan fingerprint density at radius 1 is 0.776 bits per heavy atom. The molecule has 0 radical (unpaired) electrons. The van der Waals surface area contributed by atoms with Gasteiger partial charge in [-0.25, -0.2) is 0 Å². The third kappa shape index (κ3) is 9.31. The fraction of sp³-hybridized carbons (Fsp3) is 0.103. The molecule has 0 aliphatic heterocycles. The predicted molar refractivity (Wildman–Crippen MR) is 196 cm³/mol. The minimum absolute atomic E-state index is 0.0612. The van der Waals surface area contributed by atoms with Crippen LogP contribution in [0.15, 0.2) is 132 Å². The van der Waals surface area contributed by atoms with E-state index in [0.717, 1.165) is 16.0 Å². The Labute approximate surface area is 294 Å². The van der Waals surface area contributed by atoms with Gasteiger partial charge >= 0.3 is 0 Å². The van der Waals surface area contributed by atoms with Gasteiger partial charge in [0, 0.05) is 27.2 Å². The SMILES string of the molecule is COc1ccc(/C=C(\NC(=O)c2ccccc2)C(=O)Nc2ccc(SC(C(=O)Nc3cc(C)c(Cl)cc3OC)c3ccccc3)cc2)cc1. The lowest BCUT2D eigenvalue weighted by molar-refractivity contribution is -0.116. The highest BCUT2D eigenvalue weighted by Crippen LogP contribution is 2.38. The zero-order chi connectivity index (χ0) is 34.8. The van der Waals surface area contributed by atoms with Crippen LogP contribution in [0, 0.1) is 6.92 Å². The number of hydrogen-bond donors (Lipinski definition) is 3. The molecule has 0 saturated heterocycles. The van der Waals surface area contributed by atoms with Crippen LogP contribution in [0.4, 0.5) is 11.4 Å². The van der Waals surface area contributed by atoms with Crippen molar-refractivity contribution in [3.8, 4) is 11.5 Å². The molecule has 3 N–H and O–H groups in total. The van der Waals surface area contributed by atoms with Crippen molar-refractivity contribution in [1.29, 1.82) is 0 Å². The minimum Gasteiger partial charge on any atom is -0.497 e. The molecular formula is C39H34ClN3O5S. The van der Waals surface area contributed by atoms with Gasteiger partial charge in [-0.2, -0.15) is 0 Å². The van der Waals surface area contributed by atoms with Crippen molar-refractivity contribution in [2.24, 2.45) is 0 Å². The fourth-order valence-electron chi connectivity index (χ4n) is 4.79. The van der Waals surface area contributed by atoms with Gasteiger partial charge in [0.2, 0.25) is 5.91 Å². The molecule has 0 bridgehead atoms. The number of nitrogens with one attached hydrogen (secondary N) is 3. The Morgan fingerprint density at radius 3 is 2.06 bits per heavy atom. The average molecular weight is 692 g/mol. The second-order valence-corrected chi connectivity index (χ2v) is 12.4. The largest absolute Gasteiger partial charge is 0.497 e. The highest BCUT2D eigenvalue weighted by molar-refractivity contribution is 8.00. The van der Waals surface area contributed by atoms with E-state index in [2.05, 4.69) is 16.0 Å². The summed E-state index contributed by atoms with van der Waals surface area (Å²) in [6, 6.07) is 35.8. The van der Waals surface area contributed by atoms with Crippen LogP contribution in [0.3, 0.4) is 0 Å². The minimum atomic E-state index is -0.602. The van der Waals surface area contributed by atoms with Crippen molar-refractivity contribution in [2.45, 2.75) is 17.1 Å². The first-order valence-corrected chi connectivity index (χ1v) is 16.5. The molecular weight excluding hydrogens is 658 g/mol. The van der Waals surface area contributed by atoms with E-state index in [1.54, 1.807) is 86.0 Å². The Balaban J connectivity index is 1.34. The number of methoxy groups -OCH3 is 2. The Hall–Kier alpha value is -5.51. The molecule has 8 nitrogen and oxygen atoms in total. The van der Waals surface area contributed by atoms with Crippen LogP contribution in [0.25, 0.3) is 6.08 Å². The molecule has 10 heteroatoms. The van der Waals surface area contributed by atoms with Gasteiger partial charge in [-0.3, -0.25) is 14.4 Å². The van der Waals surface area contributed by atoms with Crippen molar-refractivity contribution in [2.75, 3.05) is 24.9 Å². The number of benzene rings is 5. The van der Waals surface area contributed by atoms with Gasteiger partial charge in [0.05, 0.1) is 19.9 Å². The molecule has 248 valence electrons. The zero-order valence-corrected chi connectivity index (χ0v) is 28.6. The lowest BCUT2D eigenvalue weighted by Crippen LogP contribution is -2.30. The number of ether oxygens (including phenoxy) is 2. The van der Waals surface area contributed by atoms with Crippen LogP contribution in [-0.2, 0) is 9.59 Å². The zero-order valence-electron chi connectivity index (χ0n) is 27.0. The number of rotatable bonds is 12. The number of carbonyl (C=O) groups excluding carboxylic acids is 3. The molecule has 49 heavy (non-hydrogen) atoms. The number of halogens is 1. The monoisotopic (exact) mass is 691 g/mol. The normalized spacial score (nSPS) is 11.6. The number of carbonyl (C=O) groups is 3. The van der Waals surface area contributed by atoms with Crippen molar-refractivity contribution < 1.29 is 23.9 Å². The molecule has 0 saturated carbocycles. The Morgan fingerprint density at radius 2 is 1.43 bits per heavy atom. The number of hydrogen-bond acceptors (Lipinski definition) is 6. The fourth-order valence-corrected chi connectivity index (χ4v) is 5.97. The van der Waals surface area contributed by atoms with E-state index in [1.807, 2.05) is 55.5 Å². The summed E-state index contributed by atoms with van der Waals surface area (Å²) in [5.41, 5.74) is 3.82. The lowest BCUT2D eigenvalue weighted by atomic mass is 10.1. The smallest absolute Gasteiger partial charge is 0.272 e. The maximum Gasteiger partial charge on any atom is 0.272 e. The summed E-state index contributed by atoms with van der Waals surface area (Å²) in [5, 5.41) is 8.56. The van der Waals surface area contributed by atoms with E-state index >= 15 is 0 Å². The average Bonchev–Trinajstić information content (AvgIpc) is 3.13. The molecule has 5 aromatic carbocycles. The maximum absolute atomic E-state index is 13.7. The van der Waals surface area contributed by atoms with Gasteiger partial charge in [0.25, 0.3) is 11.8 Å². The summed E-state index contributed by atoms with van der Waals surface area (Å²) < 4.78 is 10.7. The summed E-state index contributed by atoms with van der Waals surface area (Å²) in [6.07, 6.45) is 1.60. The van der Waals surface area contributed by atoms with Crippen molar-refractivity contribution in [1.82, 2.24) is 5.32 Å². The summed E-state index contributed by atoms with van der Waals surface area (Å²) in [6.45, 7) is 1.86. The summed E-state index contributed by atoms with van der Waals surface area (Å²) in [7, 11) is 3.10. The molecule has 3 amide bonds. The van der Waals surface area contributed by atoms with Gasteiger partial charge in [0.15, 0.2) is 0 Å². The van der Waals surface area contributed by atoms with Crippen molar-refractivity contribution in [3.63, 3.8) is 0 Å². The van der Waals surface area contributed by atoms with Crippen LogP contribution >= 0.6 is 23.4 Å². The van der Waals surface area contributed by atoms with Crippen LogP contribution in [-0.4, -0.2) is 31.9 Å². The maximum atomic E-state index is 13.7. The summed E-state index contributed by atoms with van der Waals surface area (Å²) in [5.74, 6) is -0.0355. The number of aryl methyl sites for hydroxylation is 1. The standard InChI is InChI=1S/C39H34ClN3O5S/c1-25-22-33(35(48-3)24-32(25)40)42-39(46)36(27-10-6-4-7-11-27)49-31-20-16-29(17-21-31)41-38(45)34(23-26-14-18-30(47-2)19-15-26)43-37(44)28-12-8-5-9-13-28/h4-24,36H,1-3H3,(H,41,45)(H,42,46)(H,43,44)/b34-23-. The number of anilines is 2. The van der Waals surface area contributed by atoms with Gasteiger partial charge in [-0.05, 0) is 84.3 Å². The summed E-state index contributed by atoms with van der Waals surface area (Å²) in [4.78, 5) is 41.0. The number of amides is 3. The molecule has 5 rings (SSSR count). The van der Waals surface area contributed by atoms with Crippen LogP contribution in [0.5, 0.6) is 11.5 Å². The van der Waals surface area contributed by atoms with Crippen LogP contribution in [0.1, 0.15) is 32.3 Å². The molecule has 0 aliphatic carbocycles. The van der Waals surface area contributed by atoms with Crippen LogP contribution in [0.2, 0.25) is 5.02 Å². The van der Waals surface area contributed by atoms with Gasteiger partial charge < -0.3 is 25.4 Å². The Kier molecular flexibility index (Phi) is 11.8. The molecule has 0 aromatic heterocycles. The molecule has 0 spiro atoms. The Bertz CT molecular complexity index is 1950. The van der Waals surface area contributed by atoms with E-state index in [-0.39, 0.29) is 11.6 Å². The van der Waals surface area contributed by atoms with E-state index in [0.29, 0.717) is 39.0 Å².